The normalized spacial score (nSPS) is 13.4. The highest BCUT2D eigenvalue weighted by molar-refractivity contribution is 7.10. The first-order valence-corrected chi connectivity index (χ1v) is 7.51. The smallest absolute Gasteiger partial charge is 0.165 e. The Kier molecular flexibility index (Phi) is 4.66. The number of rotatable bonds is 6. The van der Waals surface area contributed by atoms with Crippen molar-refractivity contribution in [1.82, 2.24) is 25.5 Å². The topological polar surface area (TPSA) is 55.6 Å². The summed E-state index contributed by atoms with van der Waals surface area (Å²) in [5, 5.41) is 17.6. The Labute approximate surface area is 118 Å². The van der Waals surface area contributed by atoms with E-state index in [0.717, 1.165) is 5.82 Å². The lowest BCUT2D eigenvalue weighted by molar-refractivity contribution is 0.382. The van der Waals surface area contributed by atoms with Crippen LogP contribution in [-0.4, -0.2) is 26.2 Å². The highest BCUT2D eigenvalue weighted by Gasteiger charge is 2.23. The largest absolute Gasteiger partial charge is 0.308 e. The molecule has 0 aliphatic carbocycles. The number of nitrogens with zero attached hydrogens (tertiary/aromatic N) is 4. The zero-order valence-electron chi connectivity index (χ0n) is 11.9. The Balaban J connectivity index is 2.25. The summed E-state index contributed by atoms with van der Waals surface area (Å²) in [6, 6.07) is 4.85. The van der Waals surface area contributed by atoms with Crippen LogP contribution in [0.15, 0.2) is 17.5 Å². The van der Waals surface area contributed by atoms with Crippen LogP contribution in [0.2, 0.25) is 0 Å². The minimum atomic E-state index is 0.207. The van der Waals surface area contributed by atoms with Gasteiger partial charge in [-0.05, 0) is 27.8 Å². The molecule has 0 fully saturated rings. The average molecular weight is 279 g/mol. The summed E-state index contributed by atoms with van der Waals surface area (Å²) in [5.74, 6) is 1.33. The molecule has 1 N–H and O–H groups in total. The molecule has 19 heavy (non-hydrogen) atoms. The zero-order valence-corrected chi connectivity index (χ0v) is 12.7. The number of aromatic nitrogens is 4. The van der Waals surface area contributed by atoms with Crippen LogP contribution in [-0.2, 0) is 6.54 Å². The molecule has 0 radical (unpaired) electrons. The van der Waals surface area contributed by atoms with E-state index in [4.69, 9.17) is 0 Å². The number of hydrogen-bond donors (Lipinski definition) is 1. The van der Waals surface area contributed by atoms with Crippen molar-refractivity contribution in [3.8, 4) is 0 Å². The van der Waals surface area contributed by atoms with Gasteiger partial charge in [-0.1, -0.05) is 33.8 Å². The molecule has 2 aromatic heterocycles. The van der Waals surface area contributed by atoms with E-state index in [-0.39, 0.29) is 6.04 Å². The fourth-order valence-corrected chi connectivity index (χ4v) is 3.01. The fourth-order valence-electron chi connectivity index (χ4n) is 2.03. The molecule has 104 valence electrons. The molecule has 2 rings (SSSR count). The van der Waals surface area contributed by atoms with E-state index in [0.29, 0.717) is 18.5 Å². The summed E-state index contributed by atoms with van der Waals surface area (Å²) >= 11 is 1.75. The van der Waals surface area contributed by atoms with Crippen LogP contribution in [0, 0.1) is 5.92 Å². The number of nitrogens with one attached hydrogen (secondary N) is 1. The SMILES string of the molecule is CC(C)NCc1nnnn1C(c1cccs1)C(C)C. The molecule has 2 heterocycles. The van der Waals surface area contributed by atoms with Crippen LogP contribution in [0.1, 0.15) is 44.4 Å². The van der Waals surface area contributed by atoms with Gasteiger partial charge < -0.3 is 5.32 Å². The maximum Gasteiger partial charge on any atom is 0.165 e. The molecule has 0 bridgehead atoms. The maximum absolute atomic E-state index is 4.19. The summed E-state index contributed by atoms with van der Waals surface area (Å²) in [7, 11) is 0. The molecule has 2 aromatic rings. The predicted molar refractivity (Wildman–Crippen MR) is 77.1 cm³/mol. The Morgan fingerprint density at radius 2 is 2.11 bits per heavy atom. The average Bonchev–Trinajstić information content (AvgIpc) is 2.98. The lowest BCUT2D eigenvalue weighted by atomic mass is 10.0. The molecule has 0 saturated heterocycles. The van der Waals surface area contributed by atoms with E-state index in [2.05, 4.69) is 66.0 Å². The molecule has 0 aliphatic rings. The monoisotopic (exact) mass is 279 g/mol. The number of hydrogen-bond acceptors (Lipinski definition) is 5. The highest BCUT2D eigenvalue weighted by Crippen LogP contribution is 2.29. The maximum atomic E-state index is 4.19. The van der Waals surface area contributed by atoms with Gasteiger partial charge in [0.15, 0.2) is 5.82 Å². The third kappa shape index (κ3) is 3.39. The van der Waals surface area contributed by atoms with E-state index in [1.54, 1.807) is 11.3 Å². The minimum absolute atomic E-state index is 0.207. The molecule has 0 aliphatic heterocycles. The molecule has 6 heteroatoms. The van der Waals surface area contributed by atoms with Gasteiger partial charge in [-0.2, -0.15) is 0 Å². The molecule has 0 saturated carbocycles. The van der Waals surface area contributed by atoms with E-state index < -0.39 is 0 Å². The van der Waals surface area contributed by atoms with Crippen LogP contribution in [0.3, 0.4) is 0 Å². The van der Waals surface area contributed by atoms with Crippen molar-refractivity contribution in [2.24, 2.45) is 5.92 Å². The van der Waals surface area contributed by atoms with Crippen LogP contribution in [0.25, 0.3) is 0 Å². The van der Waals surface area contributed by atoms with Gasteiger partial charge in [-0.25, -0.2) is 4.68 Å². The molecule has 1 atom stereocenters. The van der Waals surface area contributed by atoms with Crippen molar-refractivity contribution in [3.05, 3.63) is 28.2 Å². The summed E-state index contributed by atoms with van der Waals surface area (Å²) in [6.07, 6.45) is 0. The third-order valence-corrected chi connectivity index (χ3v) is 3.90. The first-order chi connectivity index (χ1) is 9.09. The van der Waals surface area contributed by atoms with Crippen molar-refractivity contribution in [2.75, 3.05) is 0 Å². The van der Waals surface area contributed by atoms with Crippen molar-refractivity contribution < 1.29 is 0 Å². The first kappa shape index (κ1) is 14.1. The van der Waals surface area contributed by atoms with Crippen molar-refractivity contribution in [2.45, 2.75) is 46.3 Å². The Bertz CT molecular complexity index is 489. The minimum Gasteiger partial charge on any atom is -0.308 e. The summed E-state index contributed by atoms with van der Waals surface area (Å²) in [4.78, 5) is 1.30. The second kappa shape index (κ2) is 6.25. The summed E-state index contributed by atoms with van der Waals surface area (Å²) in [6.45, 7) is 9.33. The van der Waals surface area contributed by atoms with Gasteiger partial charge in [-0.15, -0.1) is 16.4 Å². The van der Waals surface area contributed by atoms with Crippen LogP contribution >= 0.6 is 11.3 Å². The predicted octanol–water partition coefficient (Wildman–Crippen LogP) is 2.48. The number of thiophene rings is 1. The van der Waals surface area contributed by atoms with Crippen LogP contribution in [0.4, 0.5) is 0 Å². The fraction of sp³-hybridized carbons (Fsp3) is 0.615. The van der Waals surface area contributed by atoms with Gasteiger partial charge >= 0.3 is 0 Å². The highest BCUT2D eigenvalue weighted by atomic mass is 32.1. The molecule has 0 aromatic carbocycles. The van der Waals surface area contributed by atoms with Gasteiger partial charge in [0, 0.05) is 10.9 Å². The van der Waals surface area contributed by atoms with Gasteiger partial charge in [0.1, 0.15) is 0 Å². The Morgan fingerprint density at radius 1 is 1.32 bits per heavy atom. The summed E-state index contributed by atoms with van der Waals surface area (Å²) in [5.41, 5.74) is 0. The molecule has 1 unspecified atom stereocenters. The molecular weight excluding hydrogens is 258 g/mol. The van der Waals surface area contributed by atoms with Gasteiger partial charge in [0.25, 0.3) is 0 Å². The van der Waals surface area contributed by atoms with Gasteiger partial charge in [-0.3, -0.25) is 0 Å². The summed E-state index contributed by atoms with van der Waals surface area (Å²) < 4.78 is 1.95. The standard InChI is InChI=1S/C13H21N5S/c1-9(2)13(11-6-5-7-19-11)18-12(15-16-17-18)8-14-10(3)4/h5-7,9-10,13-14H,8H2,1-4H3. The van der Waals surface area contributed by atoms with Gasteiger partial charge in [0.05, 0.1) is 12.6 Å². The van der Waals surface area contributed by atoms with E-state index in [9.17, 15) is 0 Å². The lowest BCUT2D eigenvalue weighted by Crippen LogP contribution is -2.27. The lowest BCUT2D eigenvalue weighted by Gasteiger charge is -2.21. The third-order valence-electron chi connectivity index (χ3n) is 2.96. The Morgan fingerprint density at radius 3 is 2.68 bits per heavy atom. The van der Waals surface area contributed by atoms with Crippen molar-refractivity contribution in [3.63, 3.8) is 0 Å². The van der Waals surface area contributed by atoms with E-state index in [1.165, 1.54) is 4.88 Å². The van der Waals surface area contributed by atoms with Gasteiger partial charge in [0.2, 0.25) is 0 Å². The van der Waals surface area contributed by atoms with Crippen LogP contribution in [0.5, 0.6) is 0 Å². The Hall–Kier alpha value is -1.27. The molecule has 5 nitrogen and oxygen atoms in total. The number of tetrazole rings is 1. The molecule has 0 amide bonds. The van der Waals surface area contributed by atoms with Crippen LogP contribution < -0.4 is 5.32 Å². The van der Waals surface area contributed by atoms with E-state index in [1.807, 2.05) is 4.68 Å². The van der Waals surface area contributed by atoms with Crippen molar-refractivity contribution in [1.29, 1.82) is 0 Å². The molecular formula is C13H21N5S. The quantitative estimate of drug-likeness (QED) is 0.882. The van der Waals surface area contributed by atoms with Crippen molar-refractivity contribution >= 4 is 11.3 Å². The second-order valence-corrected chi connectivity index (χ2v) is 6.26. The first-order valence-electron chi connectivity index (χ1n) is 6.63. The van der Waals surface area contributed by atoms with E-state index >= 15 is 0 Å². The zero-order chi connectivity index (χ0) is 13.8. The molecule has 0 spiro atoms. The second-order valence-electron chi connectivity index (χ2n) is 5.28.